The Bertz CT molecular complexity index is 8.04. The fourth-order valence-electron chi connectivity index (χ4n) is 0. The van der Waals surface area contributed by atoms with Gasteiger partial charge in [-0.1, -0.05) is 0 Å². The summed E-state index contributed by atoms with van der Waals surface area (Å²) in [7, 11) is 0. The van der Waals surface area contributed by atoms with Crippen LogP contribution in [0.1, 0.15) is 0 Å². The fraction of sp³-hybridized carbons (Fsp3) is 0. The molecule has 0 aliphatic heterocycles. The molecule has 0 rings (SSSR count). The Hall–Kier alpha value is 1.14. The smallest absolute Gasteiger partial charge is 2.00 e. The topological polar surface area (TPSA) is 148 Å². The summed E-state index contributed by atoms with van der Waals surface area (Å²) < 4.78 is 0. The summed E-state index contributed by atoms with van der Waals surface area (Å²) in [4.78, 5) is 0. The van der Waals surface area contributed by atoms with Gasteiger partial charge in [-0.2, -0.15) is 0 Å². The van der Waals surface area contributed by atoms with Gasteiger partial charge in [0, 0.05) is 0 Å². The molecule has 0 saturated heterocycles. The predicted molar refractivity (Wildman–Crippen MR) is 9.29 cm³/mol. The molecule has 0 unspecified atom stereocenters. The largest absolute Gasteiger partial charge is 5.00 e. The van der Waals surface area contributed by atoms with Crippen molar-refractivity contribution in [2.45, 2.75) is 0 Å². The minimum Gasteiger partial charge on any atom is -2.00 e. The zero-order chi connectivity index (χ0) is 0. The van der Waals surface area contributed by atoms with Gasteiger partial charge < -0.3 is 27.4 Å². The van der Waals surface area contributed by atoms with Gasteiger partial charge >= 0.3 is 41.2 Å². The van der Waals surface area contributed by atoms with Crippen molar-refractivity contribution in [3.8, 4) is 0 Å². The first kappa shape index (κ1) is 320. The first-order valence-electron chi connectivity index (χ1n) is 0. The van der Waals surface area contributed by atoms with Crippen LogP contribution in [0, 0.1) is 0 Å². The summed E-state index contributed by atoms with van der Waals surface area (Å²) in [6.45, 7) is 0. The van der Waals surface area contributed by atoms with Gasteiger partial charge in [0.15, 0.2) is 0 Å². The van der Waals surface area contributed by atoms with Gasteiger partial charge in [-0.15, -0.1) is 0 Å². The van der Waals surface area contributed by atoms with Crippen molar-refractivity contribution in [2.24, 2.45) is 0 Å². The van der Waals surface area contributed by atoms with E-state index in [-0.39, 0.29) is 68.6 Å². The second-order valence-electron chi connectivity index (χ2n) is 0. The van der Waals surface area contributed by atoms with Crippen LogP contribution in [0.15, 0.2) is 0 Å². The molecule has 0 aromatic heterocycles. The molecule has 0 aliphatic rings. The van der Waals surface area contributed by atoms with Gasteiger partial charge in [0.05, 0.1) is 0 Å². The average molecular weight is 272 g/mol. The Kier molecular flexibility index (Phi) is 9510. The molecular weight excluding hydrogens is 268 g/mol. The molecule has 0 aromatic rings. The van der Waals surface area contributed by atoms with Crippen molar-refractivity contribution < 1.29 is 68.6 Å². The van der Waals surface area contributed by atoms with Crippen LogP contribution in [-0.2, 0) is 38.8 Å². The Balaban J connectivity index is 0. The zero-order valence-electron chi connectivity index (χ0n) is 3.67. The second kappa shape index (κ2) is 208. The fourth-order valence-corrected chi connectivity index (χ4v) is 0. The third-order valence-corrected chi connectivity index (χ3v) is 0. The molecule has 0 aliphatic carbocycles. The molecule has 0 bridgehead atoms. The second-order valence-corrected chi connectivity index (χ2v) is 0. The Morgan fingerprint density at radius 2 is 0.571 bits per heavy atom. The standard InChI is InChI=1S/Li.2H2O.3O.Ta/h;2*1H2;;;;/q+1;;;3*-2;+5. The van der Waals surface area contributed by atoms with E-state index in [4.69, 9.17) is 0 Å². The molecule has 7 heavy (non-hydrogen) atoms. The van der Waals surface area contributed by atoms with Crippen LogP contribution < -0.4 is 18.9 Å². The third-order valence-electron chi connectivity index (χ3n) is 0. The normalized spacial score (nSPS) is 0. The van der Waals surface area contributed by atoms with Gasteiger partial charge in [-0.25, -0.2) is 0 Å². The van der Waals surface area contributed by atoms with Gasteiger partial charge in [-0.05, 0) is 0 Å². The number of hydrogen-bond acceptors (Lipinski definition) is 0. The zero-order valence-corrected chi connectivity index (χ0v) is 6.89. The summed E-state index contributed by atoms with van der Waals surface area (Å²) >= 11 is 0. The molecule has 0 amide bonds. The van der Waals surface area contributed by atoms with Gasteiger partial charge in [0.1, 0.15) is 0 Å². The molecule has 0 heterocycles. The van der Waals surface area contributed by atoms with E-state index in [1.807, 2.05) is 0 Å². The number of rotatable bonds is 0. The Morgan fingerprint density at radius 1 is 0.571 bits per heavy atom. The summed E-state index contributed by atoms with van der Waals surface area (Å²) in [6.07, 6.45) is 0. The average Bonchev–Trinajstić information content (AvgIpc) is 0. The summed E-state index contributed by atoms with van der Waals surface area (Å²) in [5.74, 6) is 0. The van der Waals surface area contributed by atoms with Crippen molar-refractivity contribution in [1.29, 1.82) is 0 Å². The molecule has 0 fully saturated rings. The van der Waals surface area contributed by atoms with Crippen molar-refractivity contribution in [3.05, 3.63) is 0 Å². The summed E-state index contributed by atoms with van der Waals surface area (Å²) in [6, 6.07) is 0. The van der Waals surface area contributed by atoms with Gasteiger partial charge in [0.25, 0.3) is 0 Å². The van der Waals surface area contributed by atoms with Crippen LogP contribution in [0.5, 0.6) is 0 Å². The Morgan fingerprint density at radius 3 is 0.571 bits per heavy atom. The van der Waals surface area contributed by atoms with E-state index < -0.39 is 0 Å². The molecule has 0 atom stereocenters. The monoisotopic (exact) mass is 272 g/mol. The van der Waals surface area contributed by atoms with E-state index in [2.05, 4.69) is 0 Å². The molecule has 0 radical (unpaired) electrons. The number of hydrogen-bond donors (Lipinski definition) is 0. The van der Waals surface area contributed by atoms with Crippen LogP contribution in [0.4, 0.5) is 0 Å². The minimum atomic E-state index is 0. The maximum Gasteiger partial charge on any atom is 5.00 e. The van der Waals surface area contributed by atoms with Crippen molar-refractivity contribution in [3.63, 3.8) is 0 Å². The summed E-state index contributed by atoms with van der Waals surface area (Å²) in [5.41, 5.74) is 0. The first-order chi connectivity index (χ1) is 0. The molecule has 4 N–H and O–H groups in total. The van der Waals surface area contributed by atoms with E-state index in [9.17, 15) is 0 Å². The van der Waals surface area contributed by atoms with Gasteiger partial charge in [-0.3, -0.25) is 0 Å². The quantitative estimate of drug-likeness (QED) is 0.388. The first-order valence-corrected chi connectivity index (χ1v) is 0. The van der Waals surface area contributed by atoms with E-state index in [1.54, 1.807) is 0 Å². The van der Waals surface area contributed by atoms with Crippen LogP contribution in [-0.4, -0.2) is 11.0 Å². The maximum atomic E-state index is 0. The summed E-state index contributed by atoms with van der Waals surface area (Å²) in [5, 5.41) is 0. The van der Waals surface area contributed by atoms with E-state index in [1.165, 1.54) is 0 Å². The molecule has 0 aromatic carbocycles. The predicted octanol–water partition coefficient (Wildman–Crippen LogP) is -5.00. The molecule has 0 spiro atoms. The van der Waals surface area contributed by atoms with Crippen molar-refractivity contribution >= 4 is 0 Å². The molecule has 40 valence electrons. The van der Waals surface area contributed by atoms with Crippen LogP contribution in [0.2, 0.25) is 0 Å². The SMILES string of the molecule is O.O.[Li+].[O-2].[O-2].[O-2].[Ta+5]. The molecular formula is H4LiO5Ta. The van der Waals surface area contributed by atoms with E-state index in [0.29, 0.717) is 0 Å². The van der Waals surface area contributed by atoms with Crippen LogP contribution >= 0.6 is 0 Å². The molecule has 0 saturated carbocycles. The minimum absolute atomic E-state index is 0. The molecule has 5 nitrogen and oxygen atoms in total. The van der Waals surface area contributed by atoms with Crippen molar-refractivity contribution in [1.82, 2.24) is 0 Å². The van der Waals surface area contributed by atoms with E-state index >= 15 is 0 Å². The van der Waals surface area contributed by atoms with E-state index in [0.717, 1.165) is 0 Å². The van der Waals surface area contributed by atoms with Crippen molar-refractivity contribution in [2.75, 3.05) is 0 Å². The molecule has 7 heteroatoms. The maximum absolute atomic E-state index is 0. The van der Waals surface area contributed by atoms with Gasteiger partial charge in [0.2, 0.25) is 0 Å². The van der Waals surface area contributed by atoms with Crippen LogP contribution in [0.3, 0.4) is 0 Å². The third kappa shape index (κ3) is 146. The van der Waals surface area contributed by atoms with Crippen LogP contribution in [0.25, 0.3) is 0 Å². The Labute approximate surface area is 68.7 Å².